The molecular formula is C21H14BrClO4. The number of halogens is 2. The van der Waals surface area contributed by atoms with Gasteiger partial charge in [0.15, 0.2) is 12.4 Å². The molecule has 0 fully saturated rings. The highest BCUT2D eigenvalue weighted by Crippen LogP contribution is 2.27. The Morgan fingerprint density at radius 2 is 1.56 bits per heavy atom. The summed E-state index contributed by atoms with van der Waals surface area (Å²) < 4.78 is 11.4. The van der Waals surface area contributed by atoms with Gasteiger partial charge in [0, 0.05) is 15.6 Å². The van der Waals surface area contributed by atoms with Gasteiger partial charge in [0.25, 0.3) is 0 Å². The zero-order valence-electron chi connectivity index (χ0n) is 14.0. The van der Waals surface area contributed by atoms with Crippen LogP contribution >= 0.6 is 27.5 Å². The number of esters is 1. The van der Waals surface area contributed by atoms with Crippen LogP contribution in [-0.4, -0.2) is 18.4 Å². The maximum atomic E-state index is 12.4. The van der Waals surface area contributed by atoms with E-state index >= 15 is 0 Å². The van der Waals surface area contributed by atoms with Gasteiger partial charge >= 0.3 is 5.97 Å². The van der Waals surface area contributed by atoms with Crippen LogP contribution in [0.2, 0.25) is 5.02 Å². The number of rotatable bonds is 6. The summed E-state index contributed by atoms with van der Waals surface area (Å²) in [5.74, 6) is 0.0496. The van der Waals surface area contributed by atoms with Gasteiger partial charge in [-0.15, -0.1) is 0 Å². The first-order chi connectivity index (χ1) is 13.0. The van der Waals surface area contributed by atoms with Gasteiger partial charge in [0.2, 0.25) is 0 Å². The van der Waals surface area contributed by atoms with Crippen molar-refractivity contribution in [3.63, 3.8) is 0 Å². The van der Waals surface area contributed by atoms with E-state index < -0.39 is 5.97 Å². The molecule has 0 saturated carbocycles. The molecule has 0 radical (unpaired) electrons. The predicted molar refractivity (Wildman–Crippen MR) is 107 cm³/mol. The smallest absolute Gasteiger partial charge is 0.349 e. The number of hydrogen-bond donors (Lipinski definition) is 0. The van der Waals surface area contributed by atoms with Crippen molar-refractivity contribution < 1.29 is 19.1 Å². The fraction of sp³-hybridized carbons (Fsp3) is 0.0476. The Morgan fingerprint density at radius 3 is 2.22 bits per heavy atom. The lowest BCUT2D eigenvalue weighted by Crippen LogP contribution is -2.17. The van der Waals surface area contributed by atoms with Gasteiger partial charge in [-0.2, -0.15) is 0 Å². The van der Waals surface area contributed by atoms with Crippen LogP contribution in [0.5, 0.6) is 11.5 Å². The summed E-state index contributed by atoms with van der Waals surface area (Å²) in [6.45, 7) is -0.286. The van der Waals surface area contributed by atoms with Crippen LogP contribution in [0.25, 0.3) is 0 Å². The minimum atomic E-state index is -0.573. The standard InChI is InChI=1S/C21H14BrClO4/c22-16-8-11-19(18(23)12-16)26-13-20(24)27-17-9-6-15(7-10-17)21(25)14-4-2-1-3-5-14/h1-12H,13H2. The van der Waals surface area contributed by atoms with Crippen molar-refractivity contribution in [3.05, 3.63) is 93.4 Å². The normalized spacial score (nSPS) is 10.3. The van der Waals surface area contributed by atoms with Crippen molar-refractivity contribution >= 4 is 39.3 Å². The Labute approximate surface area is 169 Å². The largest absolute Gasteiger partial charge is 0.480 e. The van der Waals surface area contributed by atoms with Crippen molar-refractivity contribution in [2.24, 2.45) is 0 Å². The van der Waals surface area contributed by atoms with Gasteiger partial charge in [-0.1, -0.05) is 57.9 Å². The van der Waals surface area contributed by atoms with Crippen molar-refractivity contribution in [1.29, 1.82) is 0 Å². The number of ether oxygens (including phenoxy) is 2. The van der Waals surface area contributed by atoms with Gasteiger partial charge < -0.3 is 9.47 Å². The highest BCUT2D eigenvalue weighted by Gasteiger charge is 2.11. The summed E-state index contributed by atoms with van der Waals surface area (Å²) in [5, 5.41) is 0.390. The van der Waals surface area contributed by atoms with Crippen LogP contribution in [0, 0.1) is 0 Å². The molecule has 0 aliphatic carbocycles. The number of carbonyl (C=O) groups is 2. The number of carbonyl (C=O) groups excluding carboxylic acids is 2. The Morgan fingerprint density at radius 1 is 0.889 bits per heavy atom. The van der Waals surface area contributed by atoms with E-state index in [1.54, 1.807) is 66.7 Å². The summed E-state index contributed by atoms with van der Waals surface area (Å²) in [4.78, 5) is 24.3. The van der Waals surface area contributed by atoms with Crippen LogP contribution in [0.4, 0.5) is 0 Å². The highest BCUT2D eigenvalue weighted by atomic mass is 79.9. The third-order valence-corrected chi connectivity index (χ3v) is 4.41. The van der Waals surface area contributed by atoms with Crippen molar-refractivity contribution in [2.75, 3.05) is 6.61 Å². The van der Waals surface area contributed by atoms with E-state index in [9.17, 15) is 9.59 Å². The van der Waals surface area contributed by atoms with E-state index in [2.05, 4.69) is 15.9 Å². The fourth-order valence-electron chi connectivity index (χ4n) is 2.32. The third kappa shape index (κ3) is 5.18. The molecule has 0 N–H and O–H groups in total. The fourth-order valence-corrected chi connectivity index (χ4v) is 3.05. The zero-order valence-corrected chi connectivity index (χ0v) is 16.4. The second kappa shape index (κ2) is 8.84. The molecule has 0 spiro atoms. The van der Waals surface area contributed by atoms with Crippen LogP contribution in [0.1, 0.15) is 15.9 Å². The lowest BCUT2D eigenvalue weighted by molar-refractivity contribution is -0.136. The molecule has 4 nitrogen and oxygen atoms in total. The summed E-state index contributed by atoms with van der Waals surface area (Å²) in [7, 11) is 0. The van der Waals surface area contributed by atoms with E-state index in [0.717, 1.165) is 4.47 Å². The molecule has 0 amide bonds. The average Bonchev–Trinajstić information content (AvgIpc) is 2.68. The number of ketones is 1. The van der Waals surface area contributed by atoms with E-state index in [1.807, 2.05) is 6.07 Å². The van der Waals surface area contributed by atoms with Crippen molar-refractivity contribution in [1.82, 2.24) is 0 Å². The minimum absolute atomic E-state index is 0.0957. The summed E-state index contributed by atoms with van der Waals surface area (Å²) in [6.07, 6.45) is 0. The Kier molecular flexibility index (Phi) is 6.27. The van der Waals surface area contributed by atoms with Crippen LogP contribution in [0.3, 0.4) is 0 Å². The Balaban J connectivity index is 1.57. The van der Waals surface area contributed by atoms with Crippen molar-refractivity contribution in [3.8, 4) is 11.5 Å². The van der Waals surface area contributed by atoms with E-state index in [1.165, 1.54) is 0 Å². The quantitative estimate of drug-likeness (QED) is 0.293. The van der Waals surface area contributed by atoms with Gasteiger partial charge in [0.1, 0.15) is 11.5 Å². The minimum Gasteiger partial charge on any atom is -0.480 e. The molecule has 0 aliphatic heterocycles. The molecule has 27 heavy (non-hydrogen) atoms. The zero-order chi connectivity index (χ0) is 19.2. The topological polar surface area (TPSA) is 52.6 Å². The molecule has 0 aromatic heterocycles. The molecule has 3 aromatic rings. The molecule has 0 heterocycles. The Bertz CT molecular complexity index is 956. The number of hydrogen-bond acceptors (Lipinski definition) is 4. The first-order valence-electron chi connectivity index (χ1n) is 8.01. The Hall–Kier alpha value is -2.63. The maximum absolute atomic E-state index is 12.4. The highest BCUT2D eigenvalue weighted by molar-refractivity contribution is 9.10. The van der Waals surface area contributed by atoms with Gasteiger partial charge in [-0.3, -0.25) is 4.79 Å². The molecule has 0 saturated heterocycles. The summed E-state index contributed by atoms with van der Waals surface area (Å²) in [5.41, 5.74) is 1.11. The summed E-state index contributed by atoms with van der Waals surface area (Å²) in [6, 6.07) is 20.4. The van der Waals surface area contributed by atoms with E-state index in [4.69, 9.17) is 21.1 Å². The molecule has 0 unspecified atom stereocenters. The SMILES string of the molecule is O=C(COc1ccc(Br)cc1Cl)Oc1ccc(C(=O)c2ccccc2)cc1. The molecule has 3 aromatic carbocycles. The third-order valence-electron chi connectivity index (χ3n) is 3.62. The molecule has 0 atom stereocenters. The van der Waals surface area contributed by atoms with E-state index in [0.29, 0.717) is 27.6 Å². The molecule has 136 valence electrons. The van der Waals surface area contributed by atoms with Gasteiger partial charge in [-0.25, -0.2) is 4.79 Å². The second-order valence-corrected chi connectivity index (χ2v) is 6.88. The molecular weight excluding hydrogens is 432 g/mol. The summed E-state index contributed by atoms with van der Waals surface area (Å²) >= 11 is 9.33. The predicted octanol–water partition coefficient (Wildman–Crippen LogP) is 5.32. The van der Waals surface area contributed by atoms with Crippen LogP contribution < -0.4 is 9.47 Å². The lowest BCUT2D eigenvalue weighted by atomic mass is 10.0. The van der Waals surface area contributed by atoms with Gasteiger partial charge in [0.05, 0.1) is 5.02 Å². The van der Waals surface area contributed by atoms with Crippen molar-refractivity contribution in [2.45, 2.75) is 0 Å². The monoisotopic (exact) mass is 444 g/mol. The average molecular weight is 446 g/mol. The van der Waals surface area contributed by atoms with Gasteiger partial charge in [-0.05, 0) is 42.5 Å². The first kappa shape index (κ1) is 19.1. The first-order valence-corrected chi connectivity index (χ1v) is 9.18. The van der Waals surface area contributed by atoms with Crippen LogP contribution in [-0.2, 0) is 4.79 Å². The lowest BCUT2D eigenvalue weighted by Gasteiger charge is -2.09. The molecule has 6 heteroatoms. The maximum Gasteiger partial charge on any atom is 0.349 e. The molecule has 0 aliphatic rings. The second-order valence-electron chi connectivity index (χ2n) is 5.56. The molecule has 3 rings (SSSR count). The number of benzene rings is 3. The van der Waals surface area contributed by atoms with E-state index in [-0.39, 0.29) is 12.4 Å². The van der Waals surface area contributed by atoms with Crippen LogP contribution in [0.15, 0.2) is 77.3 Å². The molecule has 0 bridgehead atoms.